The maximum absolute atomic E-state index is 6.38. The largest absolute Gasteiger partial charge is 0.381 e. The molecular formula is C17H25Cl2NO. The van der Waals surface area contributed by atoms with E-state index in [0.29, 0.717) is 10.0 Å². The molecule has 4 heteroatoms. The summed E-state index contributed by atoms with van der Waals surface area (Å²) in [6.45, 7) is 9.22. The minimum atomic E-state index is 0.115. The Morgan fingerprint density at radius 2 is 1.86 bits per heavy atom. The van der Waals surface area contributed by atoms with Gasteiger partial charge in [0, 0.05) is 25.3 Å². The number of hydrogen-bond donors (Lipinski definition) is 1. The number of nitrogens with one attached hydrogen (secondary N) is 1. The van der Waals surface area contributed by atoms with Crippen molar-refractivity contribution in [1.82, 2.24) is 5.32 Å². The third-order valence-corrected chi connectivity index (χ3v) is 5.00. The van der Waals surface area contributed by atoms with Crippen molar-refractivity contribution in [2.45, 2.75) is 45.6 Å². The first-order valence-electron chi connectivity index (χ1n) is 7.57. The first-order valence-corrected chi connectivity index (χ1v) is 8.33. The van der Waals surface area contributed by atoms with Crippen LogP contribution in [0.2, 0.25) is 10.0 Å². The lowest BCUT2D eigenvalue weighted by Gasteiger charge is -2.40. The molecule has 118 valence electrons. The molecule has 0 saturated carbocycles. The zero-order chi connectivity index (χ0) is 15.5. The summed E-state index contributed by atoms with van der Waals surface area (Å²) in [5.41, 5.74) is 1.45. The maximum Gasteiger partial charge on any atom is 0.0624 e. The van der Waals surface area contributed by atoms with Gasteiger partial charge >= 0.3 is 0 Å². The van der Waals surface area contributed by atoms with E-state index in [9.17, 15) is 0 Å². The standard InChI is InChI=1S/C17H25Cl2NO/c1-16(2,3)20-12-17(7-9-21-10-8-17)11-13-5-4-6-14(18)15(13)19/h4-6,20H,7-12H2,1-3H3. The van der Waals surface area contributed by atoms with Gasteiger partial charge in [-0.25, -0.2) is 0 Å². The average Bonchev–Trinajstić information content (AvgIpc) is 2.42. The van der Waals surface area contributed by atoms with Crippen LogP contribution in [0.5, 0.6) is 0 Å². The van der Waals surface area contributed by atoms with E-state index in [-0.39, 0.29) is 11.0 Å². The summed E-state index contributed by atoms with van der Waals surface area (Å²) >= 11 is 12.5. The van der Waals surface area contributed by atoms with Crippen LogP contribution in [0.4, 0.5) is 0 Å². The minimum Gasteiger partial charge on any atom is -0.381 e. The predicted molar refractivity (Wildman–Crippen MR) is 90.4 cm³/mol. The van der Waals surface area contributed by atoms with E-state index in [1.807, 2.05) is 12.1 Å². The van der Waals surface area contributed by atoms with Crippen molar-refractivity contribution in [3.05, 3.63) is 33.8 Å². The monoisotopic (exact) mass is 329 g/mol. The van der Waals surface area contributed by atoms with Gasteiger partial charge in [-0.15, -0.1) is 0 Å². The highest BCUT2D eigenvalue weighted by Crippen LogP contribution is 2.37. The second-order valence-corrected chi connectivity index (χ2v) is 7.89. The van der Waals surface area contributed by atoms with Crippen molar-refractivity contribution in [2.24, 2.45) is 5.41 Å². The summed E-state index contributed by atoms with van der Waals surface area (Å²) in [6, 6.07) is 5.91. The Bertz CT molecular complexity index is 476. The lowest BCUT2D eigenvalue weighted by molar-refractivity contribution is 0.0121. The smallest absolute Gasteiger partial charge is 0.0624 e. The molecule has 0 aromatic heterocycles. The van der Waals surface area contributed by atoms with Gasteiger partial charge in [0.25, 0.3) is 0 Å². The lowest BCUT2D eigenvalue weighted by atomic mass is 9.74. The predicted octanol–water partition coefficient (Wildman–Crippen LogP) is 4.72. The number of halogens is 2. The van der Waals surface area contributed by atoms with E-state index in [2.05, 4.69) is 32.2 Å². The van der Waals surface area contributed by atoms with Gasteiger partial charge in [-0.2, -0.15) is 0 Å². The molecule has 1 heterocycles. The summed E-state index contributed by atoms with van der Waals surface area (Å²) in [7, 11) is 0. The summed E-state index contributed by atoms with van der Waals surface area (Å²) in [4.78, 5) is 0. The summed E-state index contributed by atoms with van der Waals surface area (Å²) in [5.74, 6) is 0. The third kappa shape index (κ3) is 4.85. The molecule has 0 bridgehead atoms. The number of benzene rings is 1. The maximum atomic E-state index is 6.38. The van der Waals surface area contributed by atoms with Gasteiger partial charge in [-0.3, -0.25) is 0 Å². The molecular weight excluding hydrogens is 305 g/mol. The zero-order valence-corrected chi connectivity index (χ0v) is 14.7. The fraction of sp³-hybridized carbons (Fsp3) is 0.647. The zero-order valence-electron chi connectivity index (χ0n) is 13.1. The molecule has 21 heavy (non-hydrogen) atoms. The first-order chi connectivity index (χ1) is 9.81. The Kier molecular flexibility index (Phi) is 5.59. The van der Waals surface area contributed by atoms with E-state index < -0.39 is 0 Å². The molecule has 0 radical (unpaired) electrons. The molecule has 1 aliphatic rings. The van der Waals surface area contributed by atoms with Crippen LogP contribution >= 0.6 is 23.2 Å². The fourth-order valence-electron chi connectivity index (χ4n) is 2.76. The van der Waals surface area contributed by atoms with Crippen molar-refractivity contribution >= 4 is 23.2 Å². The first kappa shape index (κ1) is 17.1. The molecule has 0 unspecified atom stereocenters. The molecule has 0 spiro atoms. The highest BCUT2D eigenvalue weighted by atomic mass is 35.5. The summed E-state index contributed by atoms with van der Waals surface area (Å²) in [5, 5.41) is 4.99. The van der Waals surface area contributed by atoms with Gasteiger partial charge in [0.05, 0.1) is 10.0 Å². The molecule has 0 atom stereocenters. The molecule has 2 rings (SSSR count). The Hall–Kier alpha value is -0.280. The lowest BCUT2D eigenvalue weighted by Crippen LogP contribution is -2.47. The molecule has 1 fully saturated rings. The van der Waals surface area contributed by atoms with Crippen LogP contribution in [0.25, 0.3) is 0 Å². The van der Waals surface area contributed by atoms with Gasteiger partial charge in [0.2, 0.25) is 0 Å². The number of hydrogen-bond acceptors (Lipinski definition) is 2. The van der Waals surface area contributed by atoms with E-state index >= 15 is 0 Å². The van der Waals surface area contributed by atoms with Gasteiger partial charge in [0.15, 0.2) is 0 Å². The van der Waals surface area contributed by atoms with Crippen molar-refractivity contribution in [3.8, 4) is 0 Å². The van der Waals surface area contributed by atoms with Gasteiger partial charge < -0.3 is 10.1 Å². The third-order valence-electron chi connectivity index (χ3n) is 4.14. The fourth-order valence-corrected chi connectivity index (χ4v) is 3.15. The average molecular weight is 330 g/mol. The molecule has 1 aromatic rings. The number of ether oxygens (including phenoxy) is 1. The highest BCUT2D eigenvalue weighted by Gasteiger charge is 2.34. The van der Waals surface area contributed by atoms with Crippen LogP contribution in [-0.4, -0.2) is 25.3 Å². The van der Waals surface area contributed by atoms with Crippen LogP contribution in [-0.2, 0) is 11.2 Å². The van der Waals surface area contributed by atoms with E-state index in [1.165, 1.54) is 0 Å². The van der Waals surface area contributed by atoms with E-state index in [1.54, 1.807) is 0 Å². The normalized spacial score (nSPS) is 18.7. The van der Waals surface area contributed by atoms with Gasteiger partial charge in [0.1, 0.15) is 0 Å². The van der Waals surface area contributed by atoms with Crippen molar-refractivity contribution < 1.29 is 4.74 Å². The van der Waals surface area contributed by atoms with Crippen LogP contribution in [0.15, 0.2) is 18.2 Å². The van der Waals surface area contributed by atoms with Crippen LogP contribution in [0.1, 0.15) is 39.2 Å². The molecule has 1 aliphatic heterocycles. The molecule has 1 saturated heterocycles. The molecule has 0 aliphatic carbocycles. The van der Waals surface area contributed by atoms with E-state index in [0.717, 1.165) is 44.6 Å². The molecule has 1 aromatic carbocycles. The Labute approximate surface area is 138 Å². The van der Waals surface area contributed by atoms with Crippen LogP contribution < -0.4 is 5.32 Å². The minimum absolute atomic E-state index is 0.115. The molecule has 0 amide bonds. The van der Waals surface area contributed by atoms with Crippen LogP contribution in [0, 0.1) is 5.41 Å². The van der Waals surface area contributed by atoms with Crippen molar-refractivity contribution in [3.63, 3.8) is 0 Å². The summed E-state index contributed by atoms with van der Waals surface area (Å²) < 4.78 is 5.56. The highest BCUT2D eigenvalue weighted by molar-refractivity contribution is 6.42. The SMILES string of the molecule is CC(C)(C)NCC1(Cc2cccc(Cl)c2Cl)CCOCC1. The van der Waals surface area contributed by atoms with Crippen LogP contribution in [0.3, 0.4) is 0 Å². The topological polar surface area (TPSA) is 21.3 Å². The quantitative estimate of drug-likeness (QED) is 0.862. The van der Waals surface area contributed by atoms with Gasteiger partial charge in [-0.05, 0) is 57.1 Å². The molecule has 1 N–H and O–H groups in total. The van der Waals surface area contributed by atoms with Crippen molar-refractivity contribution in [2.75, 3.05) is 19.8 Å². The van der Waals surface area contributed by atoms with E-state index in [4.69, 9.17) is 27.9 Å². The Balaban J connectivity index is 2.17. The summed E-state index contributed by atoms with van der Waals surface area (Å²) in [6.07, 6.45) is 3.05. The number of rotatable bonds is 4. The van der Waals surface area contributed by atoms with Gasteiger partial charge in [-0.1, -0.05) is 35.3 Å². The Morgan fingerprint density at radius 1 is 1.19 bits per heavy atom. The second-order valence-electron chi connectivity index (χ2n) is 7.11. The Morgan fingerprint density at radius 3 is 2.48 bits per heavy atom. The second kappa shape index (κ2) is 6.87. The molecule has 2 nitrogen and oxygen atoms in total. The van der Waals surface area contributed by atoms with Crippen molar-refractivity contribution in [1.29, 1.82) is 0 Å².